The molecule has 0 bridgehead atoms. The van der Waals surface area contributed by atoms with Gasteiger partial charge in [-0.1, -0.05) is 30.3 Å². The summed E-state index contributed by atoms with van der Waals surface area (Å²) in [6.45, 7) is 0.917. The van der Waals surface area contributed by atoms with Gasteiger partial charge in [0.1, 0.15) is 12.4 Å². The lowest BCUT2D eigenvalue weighted by molar-refractivity contribution is -0.116. The minimum Gasteiger partial charge on any atom is -0.487 e. The Balaban J connectivity index is 0.00000338. The molecule has 0 aromatic heterocycles. The second-order valence-corrected chi connectivity index (χ2v) is 5.38. The zero-order chi connectivity index (χ0) is 18.1. The fraction of sp³-hybridized carbons (Fsp3) is 0.263. The van der Waals surface area contributed by atoms with Gasteiger partial charge in [-0.15, -0.1) is 12.4 Å². The maximum atomic E-state index is 12.0. The molecule has 0 saturated heterocycles. The van der Waals surface area contributed by atoms with Crippen LogP contribution in [0.4, 0.5) is 5.69 Å². The molecule has 2 N–H and O–H groups in total. The molecule has 26 heavy (non-hydrogen) atoms. The Bertz CT molecular complexity index is 723. The van der Waals surface area contributed by atoms with E-state index in [1.54, 1.807) is 25.2 Å². The Kier molecular flexibility index (Phi) is 9.19. The van der Waals surface area contributed by atoms with E-state index in [4.69, 9.17) is 9.47 Å². The average Bonchev–Trinajstić information content (AvgIpc) is 2.65. The van der Waals surface area contributed by atoms with Crippen LogP contribution in [0.3, 0.4) is 0 Å². The van der Waals surface area contributed by atoms with Crippen LogP contribution in [-0.2, 0) is 16.1 Å². The molecule has 0 aliphatic carbocycles. The molecule has 0 fully saturated rings. The van der Waals surface area contributed by atoms with Gasteiger partial charge in [0.05, 0.1) is 18.4 Å². The number of carbonyl (C=O) groups is 2. The second-order valence-electron chi connectivity index (χ2n) is 5.38. The number of nitrogens with one attached hydrogen (secondary N) is 2. The van der Waals surface area contributed by atoms with Crippen LogP contribution in [0, 0.1) is 0 Å². The Hall–Kier alpha value is -2.57. The number of hydrogen-bond donors (Lipinski definition) is 2. The summed E-state index contributed by atoms with van der Waals surface area (Å²) >= 11 is 0. The van der Waals surface area contributed by atoms with Crippen molar-refractivity contribution in [3.05, 3.63) is 59.7 Å². The molecule has 0 radical (unpaired) electrons. The zero-order valence-electron chi connectivity index (χ0n) is 14.8. The number of amides is 1. The molecule has 0 atom stereocenters. The molecule has 0 aliphatic heterocycles. The summed E-state index contributed by atoms with van der Waals surface area (Å²) in [5.74, 6) is -0.143. The quantitative estimate of drug-likeness (QED) is 0.690. The molecule has 7 heteroatoms. The molecule has 0 aliphatic rings. The number of halogens is 1. The third-order valence-electron chi connectivity index (χ3n) is 3.51. The predicted molar refractivity (Wildman–Crippen MR) is 103 cm³/mol. The van der Waals surface area contributed by atoms with Crippen LogP contribution in [-0.4, -0.2) is 32.6 Å². The summed E-state index contributed by atoms with van der Waals surface area (Å²) in [6.07, 6.45) is 0.317. The van der Waals surface area contributed by atoms with Gasteiger partial charge in [0.15, 0.2) is 0 Å². The van der Waals surface area contributed by atoms with Gasteiger partial charge in [-0.25, -0.2) is 4.79 Å². The van der Waals surface area contributed by atoms with E-state index in [1.807, 2.05) is 30.3 Å². The zero-order valence-corrected chi connectivity index (χ0v) is 15.6. The first-order chi connectivity index (χ1) is 12.1. The summed E-state index contributed by atoms with van der Waals surface area (Å²) in [7, 11) is 3.09. The molecular formula is C19H23ClN2O4. The monoisotopic (exact) mass is 378 g/mol. The van der Waals surface area contributed by atoms with E-state index < -0.39 is 5.97 Å². The van der Waals surface area contributed by atoms with Gasteiger partial charge < -0.3 is 20.1 Å². The lowest BCUT2D eigenvalue weighted by atomic mass is 10.1. The normalized spacial score (nSPS) is 9.77. The molecule has 0 unspecified atom stereocenters. The molecule has 2 aromatic rings. The second kappa shape index (κ2) is 11.1. The van der Waals surface area contributed by atoms with Crippen LogP contribution in [0.1, 0.15) is 22.3 Å². The number of ether oxygens (including phenoxy) is 2. The van der Waals surface area contributed by atoms with Crippen molar-refractivity contribution in [2.45, 2.75) is 13.0 Å². The minimum atomic E-state index is -0.472. The van der Waals surface area contributed by atoms with Gasteiger partial charge in [0.2, 0.25) is 5.91 Å². The number of carbonyl (C=O) groups excluding carboxylic acids is 2. The van der Waals surface area contributed by atoms with E-state index in [1.165, 1.54) is 7.11 Å². The van der Waals surface area contributed by atoms with Crippen molar-refractivity contribution in [1.29, 1.82) is 0 Å². The van der Waals surface area contributed by atoms with E-state index >= 15 is 0 Å². The highest BCUT2D eigenvalue weighted by Crippen LogP contribution is 2.27. The van der Waals surface area contributed by atoms with E-state index in [0.29, 0.717) is 36.6 Å². The Morgan fingerprint density at radius 2 is 1.81 bits per heavy atom. The molecule has 140 valence electrons. The minimum absolute atomic E-state index is 0. The summed E-state index contributed by atoms with van der Waals surface area (Å²) < 4.78 is 10.5. The van der Waals surface area contributed by atoms with Crippen LogP contribution in [0.2, 0.25) is 0 Å². The first kappa shape index (κ1) is 21.5. The topological polar surface area (TPSA) is 76.7 Å². The molecule has 0 heterocycles. The van der Waals surface area contributed by atoms with E-state index in [0.717, 1.165) is 5.56 Å². The van der Waals surface area contributed by atoms with Crippen LogP contribution >= 0.6 is 12.4 Å². The van der Waals surface area contributed by atoms with Crippen molar-refractivity contribution in [3.8, 4) is 5.75 Å². The first-order valence-corrected chi connectivity index (χ1v) is 7.97. The predicted octanol–water partition coefficient (Wildman–Crippen LogP) is 3.02. The third-order valence-corrected chi connectivity index (χ3v) is 3.51. The maximum Gasteiger partial charge on any atom is 0.337 e. The smallest absolute Gasteiger partial charge is 0.337 e. The summed E-state index contributed by atoms with van der Waals surface area (Å²) in [5.41, 5.74) is 1.80. The van der Waals surface area contributed by atoms with Crippen LogP contribution in [0.15, 0.2) is 48.5 Å². The molecular weight excluding hydrogens is 356 g/mol. The summed E-state index contributed by atoms with van der Waals surface area (Å²) in [6, 6.07) is 14.5. The first-order valence-electron chi connectivity index (χ1n) is 7.97. The van der Waals surface area contributed by atoms with Gasteiger partial charge >= 0.3 is 5.97 Å². The summed E-state index contributed by atoms with van der Waals surface area (Å²) in [5, 5.41) is 5.71. The van der Waals surface area contributed by atoms with E-state index in [-0.39, 0.29) is 18.3 Å². The third kappa shape index (κ3) is 6.38. The number of methoxy groups -OCH3 is 1. The van der Waals surface area contributed by atoms with Gasteiger partial charge in [-0.3, -0.25) is 4.79 Å². The SMILES string of the molecule is CNCCC(=O)Nc1cc(C(=O)OC)ccc1OCc1ccccc1.Cl. The lowest BCUT2D eigenvalue weighted by Gasteiger charge is -2.14. The molecule has 2 rings (SSSR count). The Morgan fingerprint density at radius 3 is 2.46 bits per heavy atom. The van der Waals surface area contributed by atoms with E-state index in [2.05, 4.69) is 10.6 Å². The van der Waals surface area contributed by atoms with Crippen molar-refractivity contribution < 1.29 is 19.1 Å². The molecule has 1 amide bonds. The molecule has 0 saturated carbocycles. The van der Waals surface area contributed by atoms with Crippen molar-refractivity contribution in [3.63, 3.8) is 0 Å². The van der Waals surface area contributed by atoms with Crippen LogP contribution in [0.5, 0.6) is 5.75 Å². The van der Waals surface area contributed by atoms with Gasteiger partial charge in [0.25, 0.3) is 0 Å². The fourth-order valence-corrected chi connectivity index (χ4v) is 2.18. The van der Waals surface area contributed by atoms with Gasteiger partial charge in [0, 0.05) is 13.0 Å². The summed E-state index contributed by atoms with van der Waals surface area (Å²) in [4.78, 5) is 23.8. The van der Waals surface area contributed by atoms with Crippen LogP contribution < -0.4 is 15.4 Å². The molecule has 2 aromatic carbocycles. The van der Waals surface area contributed by atoms with Crippen molar-refractivity contribution >= 4 is 30.0 Å². The number of benzene rings is 2. The van der Waals surface area contributed by atoms with Gasteiger partial charge in [-0.05, 0) is 30.8 Å². The standard InChI is InChI=1S/C19H22N2O4.ClH/c1-20-11-10-18(22)21-16-12-15(19(23)24-2)8-9-17(16)25-13-14-6-4-3-5-7-14;/h3-9,12,20H,10-11,13H2,1-2H3,(H,21,22);1H. The largest absolute Gasteiger partial charge is 0.487 e. The number of esters is 1. The van der Waals surface area contributed by atoms with Gasteiger partial charge in [-0.2, -0.15) is 0 Å². The van der Waals surface area contributed by atoms with Crippen molar-refractivity contribution in [2.75, 3.05) is 26.0 Å². The fourth-order valence-electron chi connectivity index (χ4n) is 2.18. The molecule has 6 nitrogen and oxygen atoms in total. The van der Waals surface area contributed by atoms with Crippen LogP contribution in [0.25, 0.3) is 0 Å². The molecule has 0 spiro atoms. The Labute approximate surface area is 159 Å². The number of hydrogen-bond acceptors (Lipinski definition) is 5. The lowest BCUT2D eigenvalue weighted by Crippen LogP contribution is -2.19. The highest BCUT2D eigenvalue weighted by atomic mass is 35.5. The van der Waals surface area contributed by atoms with Crippen molar-refractivity contribution in [1.82, 2.24) is 5.32 Å². The average molecular weight is 379 g/mol. The Morgan fingerprint density at radius 1 is 1.08 bits per heavy atom. The van der Waals surface area contributed by atoms with E-state index in [9.17, 15) is 9.59 Å². The maximum absolute atomic E-state index is 12.0. The highest BCUT2D eigenvalue weighted by Gasteiger charge is 2.13. The van der Waals surface area contributed by atoms with Crippen molar-refractivity contribution in [2.24, 2.45) is 0 Å². The number of anilines is 1. The number of rotatable bonds is 8. The highest BCUT2D eigenvalue weighted by molar-refractivity contribution is 5.96.